The van der Waals surface area contributed by atoms with Gasteiger partial charge in [-0.1, -0.05) is 37.7 Å². The molecular formula is C21H33N5O2S. The minimum atomic E-state index is 0.0575. The fraction of sp³-hybridized carbons (Fsp3) is 0.571. The molecule has 0 unspecified atom stereocenters. The Labute approximate surface area is 178 Å². The van der Waals surface area contributed by atoms with E-state index in [0.717, 1.165) is 16.9 Å². The summed E-state index contributed by atoms with van der Waals surface area (Å²) in [6.45, 7) is 14.6. The van der Waals surface area contributed by atoms with E-state index in [2.05, 4.69) is 36.2 Å². The molecule has 0 fully saturated rings. The Hall–Kier alpha value is -2.22. The number of nitrogen functional groups attached to an aromatic ring is 1. The standard InChI is InChI=1S/C21H33N5O2S/c1-13(2)17-9-8-16(7)10-18(17)28-11-19-23-24-21(26(19)22)29-12-20(27)25(14(3)4)15(5)6/h8-10,13-15H,11-12,22H2,1-7H3. The minimum Gasteiger partial charge on any atom is -0.485 e. The Morgan fingerprint density at radius 1 is 1.17 bits per heavy atom. The number of ether oxygens (including phenoxy) is 1. The minimum absolute atomic E-state index is 0.0575. The van der Waals surface area contributed by atoms with Crippen molar-refractivity contribution in [2.75, 3.05) is 11.6 Å². The average molecular weight is 420 g/mol. The molecule has 2 rings (SSSR count). The first kappa shape index (κ1) is 23.1. The number of aromatic nitrogens is 3. The molecular weight excluding hydrogens is 386 g/mol. The first-order valence-corrected chi connectivity index (χ1v) is 11.0. The number of nitrogens with two attached hydrogens (primary N) is 1. The SMILES string of the molecule is Cc1ccc(C(C)C)c(OCc2nnc(SCC(=O)N(C(C)C)C(C)C)n2N)c1. The summed E-state index contributed by atoms with van der Waals surface area (Å²) in [6, 6.07) is 6.48. The lowest BCUT2D eigenvalue weighted by molar-refractivity contribution is -0.131. The van der Waals surface area contributed by atoms with Crippen LogP contribution >= 0.6 is 11.8 Å². The molecule has 1 aromatic heterocycles. The zero-order valence-corrected chi connectivity index (χ0v) is 19.3. The molecule has 0 radical (unpaired) electrons. The fourth-order valence-electron chi connectivity index (χ4n) is 3.26. The highest BCUT2D eigenvalue weighted by Crippen LogP contribution is 2.28. The van der Waals surface area contributed by atoms with Gasteiger partial charge in [0.05, 0.1) is 5.75 Å². The van der Waals surface area contributed by atoms with Crippen LogP contribution in [-0.4, -0.2) is 43.5 Å². The topological polar surface area (TPSA) is 86.3 Å². The van der Waals surface area contributed by atoms with Crippen LogP contribution in [0.1, 0.15) is 64.4 Å². The highest BCUT2D eigenvalue weighted by atomic mass is 32.2. The number of nitrogens with zero attached hydrogens (tertiary/aromatic N) is 4. The van der Waals surface area contributed by atoms with E-state index in [4.69, 9.17) is 10.6 Å². The lowest BCUT2D eigenvalue weighted by atomic mass is 10.0. The molecule has 1 heterocycles. The molecule has 0 saturated carbocycles. The van der Waals surface area contributed by atoms with E-state index < -0.39 is 0 Å². The van der Waals surface area contributed by atoms with Crippen molar-refractivity contribution in [1.29, 1.82) is 0 Å². The van der Waals surface area contributed by atoms with Crippen molar-refractivity contribution in [3.05, 3.63) is 35.2 Å². The number of benzene rings is 1. The van der Waals surface area contributed by atoms with Crippen LogP contribution in [-0.2, 0) is 11.4 Å². The first-order chi connectivity index (χ1) is 13.6. The maximum absolute atomic E-state index is 12.5. The second-order valence-electron chi connectivity index (χ2n) is 8.03. The number of hydrogen-bond acceptors (Lipinski definition) is 6. The van der Waals surface area contributed by atoms with Crippen LogP contribution in [0.3, 0.4) is 0 Å². The van der Waals surface area contributed by atoms with Gasteiger partial charge in [-0.3, -0.25) is 4.79 Å². The average Bonchev–Trinajstić information content (AvgIpc) is 2.97. The van der Waals surface area contributed by atoms with E-state index in [9.17, 15) is 4.79 Å². The quantitative estimate of drug-likeness (QED) is 0.492. The largest absolute Gasteiger partial charge is 0.485 e. The molecule has 0 aliphatic rings. The lowest BCUT2D eigenvalue weighted by Gasteiger charge is -2.30. The van der Waals surface area contributed by atoms with Crippen LogP contribution in [0.2, 0.25) is 0 Å². The highest BCUT2D eigenvalue weighted by molar-refractivity contribution is 7.99. The predicted molar refractivity (Wildman–Crippen MR) is 118 cm³/mol. The molecule has 160 valence electrons. The number of carbonyl (C=O) groups is 1. The Morgan fingerprint density at radius 3 is 2.41 bits per heavy atom. The molecule has 0 aliphatic heterocycles. The zero-order valence-electron chi connectivity index (χ0n) is 18.5. The summed E-state index contributed by atoms with van der Waals surface area (Å²) in [6.07, 6.45) is 0. The number of aryl methyl sites for hydroxylation is 1. The summed E-state index contributed by atoms with van der Waals surface area (Å²) in [5, 5.41) is 8.76. The van der Waals surface area contributed by atoms with Gasteiger partial charge in [0.1, 0.15) is 12.4 Å². The first-order valence-electron chi connectivity index (χ1n) is 9.98. The second-order valence-corrected chi connectivity index (χ2v) is 8.97. The molecule has 29 heavy (non-hydrogen) atoms. The van der Waals surface area contributed by atoms with E-state index in [-0.39, 0.29) is 30.4 Å². The molecule has 8 heteroatoms. The van der Waals surface area contributed by atoms with Gasteiger partial charge in [-0.05, 0) is 57.7 Å². The molecule has 0 saturated heterocycles. The summed E-state index contributed by atoms with van der Waals surface area (Å²) in [7, 11) is 0. The number of thioether (sulfide) groups is 1. The zero-order chi connectivity index (χ0) is 21.7. The number of amides is 1. The second kappa shape index (κ2) is 10.0. The van der Waals surface area contributed by atoms with E-state index in [1.807, 2.05) is 45.6 Å². The molecule has 0 spiro atoms. The molecule has 2 N–H and O–H groups in total. The van der Waals surface area contributed by atoms with Crippen molar-refractivity contribution in [3.63, 3.8) is 0 Å². The van der Waals surface area contributed by atoms with Gasteiger partial charge in [0.15, 0.2) is 5.82 Å². The fourth-order valence-corrected chi connectivity index (χ4v) is 4.01. The molecule has 2 aromatic rings. The van der Waals surface area contributed by atoms with Gasteiger partial charge in [0.25, 0.3) is 0 Å². The lowest BCUT2D eigenvalue weighted by Crippen LogP contribution is -2.43. The smallest absolute Gasteiger partial charge is 0.233 e. The van der Waals surface area contributed by atoms with Crippen molar-refractivity contribution < 1.29 is 9.53 Å². The molecule has 1 amide bonds. The van der Waals surface area contributed by atoms with Crippen molar-refractivity contribution in [2.45, 2.75) is 78.2 Å². The summed E-state index contributed by atoms with van der Waals surface area (Å²) in [5.41, 5.74) is 2.27. The molecule has 0 atom stereocenters. The molecule has 7 nitrogen and oxygen atoms in total. The molecule has 0 bridgehead atoms. The van der Waals surface area contributed by atoms with Gasteiger partial charge in [0.2, 0.25) is 11.1 Å². The van der Waals surface area contributed by atoms with Gasteiger partial charge in [-0.15, -0.1) is 10.2 Å². The Kier molecular flexibility index (Phi) is 7.96. The highest BCUT2D eigenvalue weighted by Gasteiger charge is 2.21. The van der Waals surface area contributed by atoms with E-state index >= 15 is 0 Å². The predicted octanol–water partition coefficient (Wildman–Crippen LogP) is 3.74. The Bertz CT molecular complexity index is 824. The van der Waals surface area contributed by atoms with Crippen molar-refractivity contribution in [3.8, 4) is 5.75 Å². The summed E-state index contributed by atoms with van der Waals surface area (Å²) in [4.78, 5) is 14.4. The van der Waals surface area contributed by atoms with Crippen LogP contribution in [0, 0.1) is 6.92 Å². The third kappa shape index (κ3) is 5.88. The van der Waals surface area contributed by atoms with Crippen LogP contribution in [0.15, 0.2) is 23.4 Å². The maximum atomic E-state index is 12.5. The third-order valence-electron chi connectivity index (χ3n) is 4.61. The summed E-state index contributed by atoms with van der Waals surface area (Å²) in [5.74, 6) is 8.16. The van der Waals surface area contributed by atoms with E-state index in [1.54, 1.807) is 0 Å². The van der Waals surface area contributed by atoms with Crippen molar-refractivity contribution in [2.24, 2.45) is 0 Å². The number of rotatable bonds is 9. The number of carbonyl (C=O) groups excluding carboxylic acids is 1. The van der Waals surface area contributed by atoms with Gasteiger partial charge < -0.3 is 15.5 Å². The van der Waals surface area contributed by atoms with E-state index in [0.29, 0.717) is 16.9 Å². The molecule has 1 aromatic carbocycles. The third-order valence-corrected chi connectivity index (χ3v) is 5.54. The van der Waals surface area contributed by atoms with Gasteiger partial charge in [-0.2, -0.15) is 0 Å². The Balaban J connectivity index is 2.03. The van der Waals surface area contributed by atoms with Crippen molar-refractivity contribution >= 4 is 17.7 Å². The normalized spacial score (nSPS) is 11.5. The van der Waals surface area contributed by atoms with Gasteiger partial charge >= 0.3 is 0 Å². The Morgan fingerprint density at radius 2 is 1.83 bits per heavy atom. The monoisotopic (exact) mass is 419 g/mol. The van der Waals surface area contributed by atoms with Crippen LogP contribution in [0.5, 0.6) is 5.75 Å². The number of hydrogen-bond donors (Lipinski definition) is 1. The van der Waals surface area contributed by atoms with E-state index in [1.165, 1.54) is 16.4 Å². The van der Waals surface area contributed by atoms with Crippen LogP contribution < -0.4 is 10.6 Å². The van der Waals surface area contributed by atoms with Crippen LogP contribution in [0.4, 0.5) is 0 Å². The van der Waals surface area contributed by atoms with Gasteiger partial charge in [0, 0.05) is 12.1 Å². The maximum Gasteiger partial charge on any atom is 0.233 e. The summed E-state index contributed by atoms with van der Waals surface area (Å²) >= 11 is 1.29. The van der Waals surface area contributed by atoms with Crippen LogP contribution in [0.25, 0.3) is 0 Å². The molecule has 0 aliphatic carbocycles. The summed E-state index contributed by atoms with van der Waals surface area (Å²) < 4.78 is 7.40. The van der Waals surface area contributed by atoms with Gasteiger partial charge in [-0.25, -0.2) is 4.68 Å². The van der Waals surface area contributed by atoms with Crippen molar-refractivity contribution in [1.82, 2.24) is 19.8 Å².